The summed E-state index contributed by atoms with van der Waals surface area (Å²) in [5, 5.41) is 3.98. The maximum absolute atomic E-state index is 12.9. The molecule has 0 spiro atoms. The van der Waals surface area contributed by atoms with E-state index < -0.39 is 0 Å². The van der Waals surface area contributed by atoms with E-state index in [9.17, 15) is 4.79 Å². The Bertz CT molecular complexity index is 854. The van der Waals surface area contributed by atoms with Crippen LogP contribution < -0.4 is 0 Å². The molecule has 0 radical (unpaired) electrons. The maximum atomic E-state index is 12.9. The highest BCUT2D eigenvalue weighted by Gasteiger charge is 2.23. The number of likely N-dealkylation sites (N-methyl/N-ethyl adjacent to an activating group) is 1. The zero-order valence-corrected chi connectivity index (χ0v) is 14.8. The first-order chi connectivity index (χ1) is 12.1. The van der Waals surface area contributed by atoms with Crippen LogP contribution in [0.3, 0.4) is 0 Å². The van der Waals surface area contributed by atoms with Gasteiger partial charge in [0.1, 0.15) is 6.04 Å². The maximum Gasteiger partial charge on any atom is 0.245 e. The summed E-state index contributed by atoms with van der Waals surface area (Å²) in [5.41, 5.74) is 1.83. The molecular weight excluding hydrogens is 318 g/mol. The van der Waals surface area contributed by atoms with Crippen molar-refractivity contribution in [1.29, 1.82) is 0 Å². The zero-order chi connectivity index (χ0) is 17.8. The van der Waals surface area contributed by atoms with Gasteiger partial charge in [0.05, 0.1) is 23.9 Å². The molecule has 0 bridgehead atoms. The van der Waals surface area contributed by atoms with Crippen molar-refractivity contribution in [2.24, 2.45) is 0 Å². The molecule has 3 aromatic rings. The summed E-state index contributed by atoms with van der Waals surface area (Å²) >= 11 is 0. The molecule has 0 aliphatic heterocycles. The molecule has 0 aliphatic rings. The average Bonchev–Trinajstić information content (AvgIpc) is 3.25. The molecule has 0 fully saturated rings. The lowest BCUT2D eigenvalue weighted by Gasteiger charge is -2.24. The van der Waals surface area contributed by atoms with Crippen molar-refractivity contribution >= 4 is 16.9 Å². The Hall–Kier alpha value is -2.70. The fraction of sp³-hybridized carbons (Fsp3) is 0.444. The minimum atomic E-state index is -0.352. The first-order valence-corrected chi connectivity index (χ1v) is 8.65. The van der Waals surface area contributed by atoms with Gasteiger partial charge in [-0.1, -0.05) is 24.2 Å². The van der Waals surface area contributed by atoms with E-state index >= 15 is 0 Å². The van der Waals surface area contributed by atoms with Gasteiger partial charge in [-0.05, 0) is 32.4 Å². The minimum Gasteiger partial charge on any atom is -0.339 e. The van der Waals surface area contributed by atoms with Gasteiger partial charge in [0.15, 0.2) is 5.82 Å². The largest absolute Gasteiger partial charge is 0.339 e. The molecule has 7 nitrogen and oxygen atoms in total. The van der Waals surface area contributed by atoms with E-state index in [1.165, 1.54) is 0 Å². The summed E-state index contributed by atoms with van der Waals surface area (Å²) in [6, 6.07) is 7.45. The Kier molecular flexibility index (Phi) is 5.11. The van der Waals surface area contributed by atoms with E-state index in [0.717, 1.165) is 23.9 Å². The van der Waals surface area contributed by atoms with Crippen LogP contribution in [0.2, 0.25) is 0 Å². The predicted octanol–water partition coefficient (Wildman–Crippen LogP) is 2.98. The molecule has 3 rings (SSSR count). The van der Waals surface area contributed by atoms with Gasteiger partial charge >= 0.3 is 0 Å². The Balaban J connectivity index is 1.76. The van der Waals surface area contributed by atoms with E-state index in [0.29, 0.717) is 24.8 Å². The van der Waals surface area contributed by atoms with Crippen molar-refractivity contribution in [3.05, 3.63) is 42.3 Å². The first kappa shape index (κ1) is 17.1. The molecule has 2 aromatic heterocycles. The lowest BCUT2D eigenvalue weighted by Crippen LogP contribution is -2.35. The molecule has 1 unspecified atom stereocenters. The molecule has 0 saturated carbocycles. The average molecular weight is 341 g/mol. The molecule has 0 N–H and O–H groups in total. The van der Waals surface area contributed by atoms with Gasteiger partial charge in [0, 0.05) is 13.0 Å². The summed E-state index contributed by atoms with van der Waals surface area (Å²) in [7, 11) is 0. The molecule has 0 saturated heterocycles. The number of para-hydroxylation sites is 2. The molecule has 132 valence electrons. The third kappa shape index (κ3) is 3.55. The Morgan fingerprint density at radius 3 is 2.88 bits per heavy atom. The van der Waals surface area contributed by atoms with Crippen LogP contribution in [0.25, 0.3) is 11.0 Å². The van der Waals surface area contributed by atoms with Crippen molar-refractivity contribution < 1.29 is 9.32 Å². The number of aryl methyl sites for hydroxylation is 1. The highest BCUT2D eigenvalue weighted by molar-refractivity contribution is 5.83. The molecule has 1 amide bonds. The lowest BCUT2D eigenvalue weighted by atomic mass is 10.2. The molecule has 2 heterocycles. The van der Waals surface area contributed by atoms with Crippen molar-refractivity contribution in [3.63, 3.8) is 0 Å². The van der Waals surface area contributed by atoms with Gasteiger partial charge < -0.3 is 14.0 Å². The van der Waals surface area contributed by atoms with Gasteiger partial charge in [-0.15, -0.1) is 0 Å². The van der Waals surface area contributed by atoms with Crippen molar-refractivity contribution in [1.82, 2.24) is 24.6 Å². The van der Waals surface area contributed by atoms with E-state index in [4.69, 9.17) is 4.52 Å². The first-order valence-electron chi connectivity index (χ1n) is 8.65. The number of aromatic nitrogens is 4. The number of carbonyl (C=O) groups excluding carboxylic acids is 1. The highest BCUT2D eigenvalue weighted by Crippen LogP contribution is 2.19. The second-order valence-corrected chi connectivity index (χ2v) is 6.02. The topological polar surface area (TPSA) is 77.1 Å². The number of nitrogens with zero attached hydrogens (tertiary/aromatic N) is 5. The third-order valence-corrected chi connectivity index (χ3v) is 4.26. The van der Waals surface area contributed by atoms with Crippen molar-refractivity contribution in [2.75, 3.05) is 6.54 Å². The fourth-order valence-electron chi connectivity index (χ4n) is 2.86. The smallest absolute Gasteiger partial charge is 0.245 e. The number of hydrogen-bond donors (Lipinski definition) is 0. The van der Waals surface area contributed by atoms with Crippen molar-refractivity contribution in [3.8, 4) is 0 Å². The Morgan fingerprint density at radius 2 is 2.12 bits per heavy atom. The van der Waals surface area contributed by atoms with Gasteiger partial charge in [-0.2, -0.15) is 4.98 Å². The molecule has 7 heteroatoms. The molecule has 1 aromatic carbocycles. The summed E-state index contributed by atoms with van der Waals surface area (Å²) in [5.74, 6) is 1.17. The quantitative estimate of drug-likeness (QED) is 0.660. The number of hydrogen-bond acceptors (Lipinski definition) is 5. The monoisotopic (exact) mass is 341 g/mol. The standard InChI is InChI=1S/C18H23N5O2/c1-4-8-17-20-16(21-25-17)11-22(5-2)18(24)13(3)23-12-19-14-9-6-7-10-15(14)23/h6-7,9-10,12-13H,4-5,8,11H2,1-3H3. The van der Waals surface area contributed by atoms with Crippen LogP contribution in [-0.2, 0) is 17.8 Å². The van der Waals surface area contributed by atoms with Gasteiger partial charge in [-0.3, -0.25) is 4.79 Å². The van der Waals surface area contributed by atoms with E-state index in [1.807, 2.05) is 42.7 Å². The number of amides is 1. The summed E-state index contributed by atoms with van der Waals surface area (Å²) in [6.07, 6.45) is 3.42. The summed E-state index contributed by atoms with van der Waals surface area (Å²) in [4.78, 5) is 23.4. The van der Waals surface area contributed by atoms with E-state index in [1.54, 1.807) is 11.2 Å². The number of benzene rings is 1. The fourth-order valence-corrected chi connectivity index (χ4v) is 2.86. The number of fused-ring (bicyclic) bond motifs is 1. The normalized spacial score (nSPS) is 12.4. The lowest BCUT2D eigenvalue weighted by molar-refractivity contribution is -0.134. The number of carbonyl (C=O) groups is 1. The van der Waals surface area contributed by atoms with Crippen LogP contribution in [0.15, 0.2) is 35.1 Å². The van der Waals surface area contributed by atoms with Crippen molar-refractivity contribution in [2.45, 2.75) is 46.2 Å². The van der Waals surface area contributed by atoms with Gasteiger partial charge in [0.25, 0.3) is 0 Å². The van der Waals surface area contributed by atoms with Gasteiger partial charge in [0.2, 0.25) is 11.8 Å². The van der Waals surface area contributed by atoms with Crippen LogP contribution in [0.5, 0.6) is 0 Å². The molecule has 25 heavy (non-hydrogen) atoms. The Morgan fingerprint density at radius 1 is 1.32 bits per heavy atom. The van der Waals surface area contributed by atoms with Crippen LogP contribution in [0.1, 0.15) is 44.9 Å². The SMILES string of the molecule is CCCc1nc(CN(CC)C(=O)C(C)n2cnc3ccccc32)no1. The third-order valence-electron chi connectivity index (χ3n) is 4.26. The van der Waals surface area contributed by atoms with Gasteiger partial charge in [-0.25, -0.2) is 4.98 Å². The molecule has 0 aliphatic carbocycles. The predicted molar refractivity (Wildman–Crippen MR) is 93.8 cm³/mol. The van der Waals surface area contributed by atoms with E-state index in [2.05, 4.69) is 22.0 Å². The molecule has 1 atom stereocenters. The van der Waals surface area contributed by atoms with E-state index in [-0.39, 0.29) is 11.9 Å². The highest BCUT2D eigenvalue weighted by atomic mass is 16.5. The number of rotatable bonds is 7. The minimum absolute atomic E-state index is 0.00694. The van der Waals surface area contributed by atoms with Crippen LogP contribution in [0.4, 0.5) is 0 Å². The summed E-state index contributed by atoms with van der Waals surface area (Å²) in [6.45, 7) is 6.82. The molecular formula is C18H23N5O2. The van der Waals surface area contributed by atoms with Crippen LogP contribution >= 0.6 is 0 Å². The number of imidazole rings is 1. The second-order valence-electron chi connectivity index (χ2n) is 6.02. The second kappa shape index (κ2) is 7.46. The summed E-state index contributed by atoms with van der Waals surface area (Å²) < 4.78 is 7.11. The zero-order valence-electron chi connectivity index (χ0n) is 14.8. The van der Waals surface area contributed by atoms with Crippen LogP contribution in [-0.4, -0.2) is 37.0 Å². The Labute approximate surface area is 146 Å². The van der Waals surface area contributed by atoms with Crippen LogP contribution in [0, 0.1) is 0 Å².